The van der Waals surface area contributed by atoms with E-state index in [1.54, 1.807) is 0 Å². The molecule has 1 saturated carbocycles. The highest BCUT2D eigenvalue weighted by molar-refractivity contribution is 5.34. The summed E-state index contributed by atoms with van der Waals surface area (Å²) < 4.78 is 11.9. The number of nitrogens with zero attached hydrogens (tertiary/aromatic N) is 1. The number of rotatable bonds is 1. The molecule has 3 heteroatoms. The molecule has 0 spiro atoms. The van der Waals surface area contributed by atoms with Gasteiger partial charge in [-0.1, -0.05) is 0 Å². The molecule has 1 aliphatic carbocycles. The molecule has 0 unspecified atom stereocenters. The summed E-state index contributed by atoms with van der Waals surface area (Å²) in [5.74, 6) is 0. The van der Waals surface area contributed by atoms with E-state index in [-0.39, 0.29) is 6.04 Å². The van der Waals surface area contributed by atoms with E-state index in [0.717, 1.165) is 0 Å². The minimum atomic E-state index is -0.725. The van der Waals surface area contributed by atoms with Crippen molar-refractivity contribution in [3.8, 4) is 0 Å². The summed E-state index contributed by atoms with van der Waals surface area (Å²) in [5.41, 5.74) is 0. The third-order valence-electron chi connectivity index (χ3n) is 1.29. The molecule has 0 aliphatic heterocycles. The monoisotopic (exact) mass is 115 g/mol. The number of alkyl halides is 1. The molecule has 0 N–H and O–H groups in total. The highest BCUT2D eigenvalue weighted by Gasteiger charge is 2.28. The summed E-state index contributed by atoms with van der Waals surface area (Å²) in [7, 11) is 0. The molecule has 0 saturated heterocycles. The zero-order valence-corrected chi connectivity index (χ0v) is 4.30. The Hall–Kier alpha value is -0.690. The molecule has 0 aromatic carbocycles. The third kappa shape index (κ3) is 0.928. The minimum absolute atomic E-state index is 0.0671. The van der Waals surface area contributed by atoms with Gasteiger partial charge in [0.05, 0.1) is 6.04 Å². The summed E-state index contributed by atoms with van der Waals surface area (Å²) in [5, 5.41) is 0. The second kappa shape index (κ2) is 2.05. The van der Waals surface area contributed by atoms with Crippen molar-refractivity contribution in [3.63, 3.8) is 0 Å². The SMILES string of the molecule is O=C=NC1CC(F)C1. The predicted molar refractivity (Wildman–Crippen MR) is 26.0 cm³/mol. The molecule has 1 aliphatic rings. The maximum Gasteiger partial charge on any atom is 0.235 e. The first-order valence-corrected chi connectivity index (χ1v) is 2.54. The van der Waals surface area contributed by atoms with Crippen molar-refractivity contribution in [2.45, 2.75) is 25.1 Å². The first-order valence-electron chi connectivity index (χ1n) is 2.54. The van der Waals surface area contributed by atoms with E-state index in [2.05, 4.69) is 4.99 Å². The molecule has 0 radical (unpaired) electrons. The van der Waals surface area contributed by atoms with Gasteiger partial charge in [-0.2, -0.15) is 0 Å². The molecule has 44 valence electrons. The van der Waals surface area contributed by atoms with E-state index in [0.29, 0.717) is 12.8 Å². The van der Waals surface area contributed by atoms with E-state index < -0.39 is 6.17 Å². The second-order valence-electron chi connectivity index (χ2n) is 1.94. The molecule has 0 atom stereocenters. The van der Waals surface area contributed by atoms with Crippen LogP contribution in [0.1, 0.15) is 12.8 Å². The number of aliphatic imine (C=N–C) groups is 1. The summed E-state index contributed by atoms with van der Waals surface area (Å²) in [4.78, 5) is 12.8. The first kappa shape index (κ1) is 5.45. The van der Waals surface area contributed by atoms with Crippen LogP contribution in [0.4, 0.5) is 4.39 Å². The van der Waals surface area contributed by atoms with E-state index in [1.807, 2.05) is 0 Å². The third-order valence-corrected chi connectivity index (χ3v) is 1.29. The Labute approximate surface area is 46.4 Å². The van der Waals surface area contributed by atoms with Gasteiger partial charge in [0, 0.05) is 12.8 Å². The van der Waals surface area contributed by atoms with Gasteiger partial charge < -0.3 is 0 Å². The van der Waals surface area contributed by atoms with Gasteiger partial charge in [0.2, 0.25) is 6.08 Å². The summed E-state index contributed by atoms with van der Waals surface area (Å²) >= 11 is 0. The first-order chi connectivity index (χ1) is 3.83. The lowest BCUT2D eigenvalue weighted by molar-refractivity contribution is 0.182. The summed E-state index contributed by atoms with van der Waals surface area (Å²) in [6, 6.07) is -0.0671. The Kier molecular flexibility index (Phi) is 1.40. The van der Waals surface area contributed by atoms with Gasteiger partial charge in [-0.15, -0.1) is 0 Å². The predicted octanol–water partition coefficient (Wildman–Crippen LogP) is 0.823. The lowest BCUT2D eigenvalue weighted by Crippen LogP contribution is -2.27. The molecule has 0 heterocycles. The Balaban J connectivity index is 2.25. The Bertz CT molecular complexity index is 124. The van der Waals surface area contributed by atoms with Crippen molar-refractivity contribution >= 4 is 6.08 Å². The fraction of sp³-hybridized carbons (Fsp3) is 0.800. The van der Waals surface area contributed by atoms with Gasteiger partial charge in [0.25, 0.3) is 0 Å². The normalized spacial score (nSPS) is 35.1. The van der Waals surface area contributed by atoms with E-state index in [4.69, 9.17) is 0 Å². The number of carbonyl (C=O) groups excluding carboxylic acids is 1. The Morgan fingerprint density at radius 2 is 2.25 bits per heavy atom. The molecule has 8 heavy (non-hydrogen) atoms. The van der Waals surface area contributed by atoms with Crippen LogP contribution in [0.15, 0.2) is 4.99 Å². The van der Waals surface area contributed by atoms with Crippen LogP contribution in [0.2, 0.25) is 0 Å². The standard InChI is InChI=1S/C5H6FNO/c6-4-1-5(2-4)7-3-8/h4-5H,1-2H2. The van der Waals surface area contributed by atoms with Crippen molar-refractivity contribution in [2.75, 3.05) is 0 Å². The molecule has 0 aromatic heterocycles. The number of hydrogen-bond acceptors (Lipinski definition) is 2. The summed E-state index contributed by atoms with van der Waals surface area (Å²) in [6.45, 7) is 0. The Morgan fingerprint density at radius 1 is 1.62 bits per heavy atom. The lowest BCUT2D eigenvalue weighted by atomic mass is 9.92. The van der Waals surface area contributed by atoms with Crippen LogP contribution < -0.4 is 0 Å². The average Bonchev–Trinajstić information content (AvgIpc) is 1.64. The van der Waals surface area contributed by atoms with E-state index in [9.17, 15) is 9.18 Å². The van der Waals surface area contributed by atoms with Crippen LogP contribution in [-0.2, 0) is 4.79 Å². The highest BCUT2D eigenvalue weighted by Crippen LogP contribution is 2.25. The number of isocyanates is 1. The van der Waals surface area contributed by atoms with Crippen LogP contribution in [0.3, 0.4) is 0 Å². The second-order valence-corrected chi connectivity index (χ2v) is 1.94. The Morgan fingerprint density at radius 3 is 2.62 bits per heavy atom. The van der Waals surface area contributed by atoms with Crippen LogP contribution in [0, 0.1) is 0 Å². The molecule has 2 nitrogen and oxygen atoms in total. The van der Waals surface area contributed by atoms with Gasteiger partial charge in [-0.25, -0.2) is 14.2 Å². The quantitative estimate of drug-likeness (QED) is 0.367. The molecular weight excluding hydrogens is 109 g/mol. The van der Waals surface area contributed by atoms with Crippen LogP contribution in [0.25, 0.3) is 0 Å². The highest BCUT2D eigenvalue weighted by atomic mass is 19.1. The fourth-order valence-corrected chi connectivity index (χ4v) is 0.701. The van der Waals surface area contributed by atoms with Crippen LogP contribution in [0.5, 0.6) is 0 Å². The van der Waals surface area contributed by atoms with Gasteiger partial charge in [0.15, 0.2) is 0 Å². The minimum Gasteiger partial charge on any atom is -0.247 e. The topological polar surface area (TPSA) is 29.4 Å². The van der Waals surface area contributed by atoms with Gasteiger partial charge in [0.1, 0.15) is 6.17 Å². The maximum absolute atomic E-state index is 11.9. The fourth-order valence-electron chi connectivity index (χ4n) is 0.701. The molecule has 1 rings (SSSR count). The van der Waals surface area contributed by atoms with Gasteiger partial charge >= 0.3 is 0 Å². The molecular formula is C5H6FNO. The largest absolute Gasteiger partial charge is 0.247 e. The maximum atomic E-state index is 11.9. The molecule has 0 bridgehead atoms. The van der Waals surface area contributed by atoms with E-state index >= 15 is 0 Å². The molecule has 0 amide bonds. The summed E-state index contributed by atoms with van der Waals surface area (Å²) in [6.07, 6.45) is 1.50. The van der Waals surface area contributed by atoms with Crippen molar-refractivity contribution < 1.29 is 9.18 Å². The molecule has 0 aromatic rings. The number of hydrogen-bond donors (Lipinski definition) is 0. The zero-order chi connectivity index (χ0) is 5.98. The van der Waals surface area contributed by atoms with Crippen molar-refractivity contribution in [1.82, 2.24) is 0 Å². The van der Waals surface area contributed by atoms with E-state index in [1.165, 1.54) is 6.08 Å². The lowest BCUT2D eigenvalue weighted by Gasteiger charge is -2.23. The van der Waals surface area contributed by atoms with Gasteiger partial charge in [-0.3, -0.25) is 0 Å². The smallest absolute Gasteiger partial charge is 0.235 e. The van der Waals surface area contributed by atoms with Crippen molar-refractivity contribution in [3.05, 3.63) is 0 Å². The number of halogens is 1. The van der Waals surface area contributed by atoms with Gasteiger partial charge in [-0.05, 0) is 0 Å². The van der Waals surface area contributed by atoms with Crippen molar-refractivity contribution in [2.24, 2.45) is 4.99 Å². The average molecular weight is 115 g/mol. The zero-order valence-electron chi connectivity index (χ0n) is 4.30. The molecule has 1 fully saturated rings. The van der Waals surface area contributed by atoms with Crippen LogP contribution >= 0.6 is 0 Å². The van der Waals surface area contributed by atoms with Crippen molar-refractivity contribution in [1.29, 1.82) is 0 Å². The van der Waals surface area contributed by atoms with Crippen LogP contribution in [-0.4, -0.2) is 18.3 Å².